The summed E-state index contributed by atoms with van der Waals surface area (Å²) in [5.74, 6) is 1.64. The van der Waals surface area contributed by atoms with Crippen molar-refractivity contribution in [2.45, 2.75) is 63.6 Å². The molecular weight excluding hydrogens is 701 g/mol. The predicted molar refractivity (Wildman–Crippen MR) is 217 cm³/mol. The van der Waals surface area contributed by atoms with Crippen LogP contribution in [-0.2, 0) is 22.3 Å². The van der Waals surface area contributed by atoms with E-state index in [2.05, 4.69) is 47.9 Å². The van der Waals surface area contributed by atoms with Crippen LogP contribution in [-0.4, -0.2) is 59.8 Å². The summed E-state index contributed by atoms with van der Waals surface area (Å²) in [6.07, 6.45) is 5.78. The van der Waals surface area contributed by atoms with Gasteiger partial charge in [-0.15, -0.1) is 0 Å². The number of aromatic nitrogens is 2. The molecule has 4 aliphatic rings. The van der Waals surface area contributed by atoms with Crippen LogP contribution >= 0.6 is 0 Å². The molecule has 10 nitrogen and oxygen atoms in total. The average molecular weight is 745 g/mol. The minimum atomic E-state index is -0.437. The number of nitrogens with zero attached hydrogens (tertiary/aromatic N) is 6. The van der Waals surface area contributed by atoms with E-state index in [1.807, 2.05) is 60.9 Å². The van der Waals surface area contributed by atoms with Crippen LogP contribution in [0.1, 0.15) is 105 Å². The molecule has 2 aliphatic heterocycles. The molecule has 10 heteroatoms. The molecule has 9 rings (SSSR count). The van der Waals surface area contributed by atoms with Crippen molar-refractivity contribution < 1.29 is 19.1 Å². The van der Waals surface area contributed by atoms with Gasteiger partial charge in [-0.2, -0.15) is 0 Å². The number of benzene rings is 3. The fraction of sp³-hybridized carbons (Fsp3) is 0.304. The molecule has 4 atom stereocenters. The van der Waals surface area contributed by atoms with Gasteiger partial charge in [-0.05, 0) is 85.3 Å². The Morgan fingerprint density at radius 3 is 1.41 bits per heavy atom. The molecule has 2 saturated heterocycles. The second-order valence-corrected chi connectivity index (χ2v) is 14.7. The zero-order valence-electron chi connectivity index (χ0n) is 31.7. The molecule has 4 unspecified atom stereocenters. The van der Waals surface area contributed by atoms with Crippen molar-refractivity contribution in [3.05, 3.63) is 154 Å². The number of esters is 2. The molecule has 2 fully saturated rings. The lowest BCUT2D eigenvalue weighted by Crippen LogP contribution is -2.29. The summed E-state index contributed by atoms with van der Waals surface area (Å²) in [5.41, 5.74) is 9.41. The van der Waals surface area contributed by atoms with Gasteiger partial charge in [0.15, 0.2) is 12.2 Å². The third-order valence-corrected chi connectivity index (χ3v) is 11.4. The van der Waals surface area contributed by atoms with Gasteiger partial charge in [-0.1, -0.05) is 60.7 Å². The number of anilines is 2. The van der Waals surface area contributed by atoms with Crippen LogP contribution in [0.25, 0.3) is 0 Å². The van der Waals surface area contributed by atoms with Crippen LogP contribution in [0.2, 0.25) is 0 Å². The Hall–Kier alpha value is -6.16. The van der Waals surface area contributed by atoms with Crippen molar-refractivity contribution in [2.24, 2.45) is 9.98 Å². The Morgan fingerprint density at radius 1 is 0.607 bits per heavy atom. The van der Waals surface area contributed by atoms with Gasteiger partial charge >= 0.3 is 11.9 Å². The monoisotopic (exact) mass is 744 g/mol. The van der Waals surface area contributed by atoms with E-state index < -0.39 is 12.2 Å². The summed E-state index contributed by atoms with van der Waals surface area (Å²) >= 11 is 0. The molecule has 2 aliphatic carbocycles. The number of carbonyl (C=O) groups excluding carboxylic acids is 2. The summed E-state index contributed by atoms with van der Waals surface area (Å²) in [7, 11) is 0. The van der Waals surface area contributed by atoms with E-state index in [1.165, 1.54) is 11.1 Å². The van der Waals surface area contributed by atoms with Crippen LogP contribution in [0.4, 0.5) is 11.4 Å². The van der Waals surface area contributed by atoms with Crippen molar-refractivity contribution in [3.8, 4) is 0 Å². The van der Waals surface area contributed by atoms with E-state index in [0.717, 1.165) is 71.5 Å². The van der Waals surface area contributed by atoms with Crippen LogP contribution in [0, 0.1) is 0 Å². The van der Waals surface area contributed by atoms with Gasteiger partial charge in [-0.25, -0.2) is 9.59 Å². The highest BCUT2D eigenvalue weighted by atomic mass is 16.5. The fourth-order valence-corrected chi connectivity index (χ4v) is 8.92. The van der Waals surface area contributed by atoms with Crippen LogP contribution in [0.5, 0.6) is 0 Å². The Labute approximate surface area is 327 Å². The normalized spacial score (nSPS) is 22.3. The molecule has 2 aromatic heterocycles. The van der Waals surface area contributed by atoms with Gasteiger partial charge in [0.05, 0.1) is 22.5 Å². The second kappa shape index (κ2) is 15.2. The van der Waals surface area contributed by atoms with Crippen molar-refractivity contribution in [1.82, 2.24) is 9.97 Å². The summed E-state index contributed by atoms with van der Waals surface area (Å²) in [6, 6.07) is 31.4. The van der Waals surface area contributed by atoms with Crippen LogP contribution < -0.4 is 9.80 Å². The molecule has 4 bridgehead atoms. The Bertz CT molecular complexity index is 2160. The first-order valence-electron chi connectivity index (χ1n) is 19.7. The average Bonchev–Trinajstić information content (AvgIpc) is 3.93. The second-order valence-electron chi connectivity index (χ2n) is 14.7. The number of fused-ring (bicyclic) bond motifs is 4. The van der Waals surface area contributed by atoms with Gasteiger partial charge in [0, 0.05) is 63.3 Å². The maximum absolute atomic E-state index is 13.0. The summed E-state index contributed by atoms with van der Waals surface area (Å²) in [6.45, 7) is 7.08. The topological polar surface area (TPSA) is 110 Å². The lowest BCUT2D eigenvalue weighted by molar-refractivity contribution is 0.0294. The lowest BCUT2D eigenvalue weighted by Gasteiger charge is -2.24. The molecule has 3 aromatic carbocycles. The highest BCUT2D eigenvalue weighted by Gasteiger charge is 2.42. The van der Waals surface area contributed by atoms with Crippen molar-refractivity contribution >= 4 is 35.0 Å². The predicted octanol–water partition coefficient (Wildman–Crippen LogP) is 8.21. The first-order chi connectivity index (χ1) is 27.5. The molecule has 5 aromatic rings. The molecule has 0 amide bonds. The summed E-state index contributed by atoms with van der Waals surface area (Å²) < 4.78 is 12.1. The number of carbonyl (C=O) groups is 2. The van der Waals surface area contributed by atoms with E-state index in [1.54, 1.807) is 24.3 Å². The zero-order chi connectivity index (χ0) is 38.2. The number of hydrogen-bond donors (Lipinski definition) is 0. The van der Waals surface area contributed by atoms with Crippen molar-refractivity contribution in [2.75, 3.05) is 36.0 Å². The Morgan fingerprint density at radius 2 is 1.02 bits per heavy atom. The third kappa shape index (κ3) is 6.42. The molecule has 282 valence electrons. The SMILES string of the molecule is CCN=C1C(c2ccc(C3CCN(c4c5ccnc4C(OC(=O)c4ccccc4)C5)C3=NCC)cc2)CCN1c1c2ccnc1C(OC(=O)c1ccccc1)C2. The Balaban J connectivity index is 0.931. The Kier molecular flexibility index (Phi) is 9.63. The van der Waals surface area contributed by atoms with E-state index in [9.17, 15) is 9.59 Å². The molecule has 4 heterocycles. The maximum Gasteiger partial charge on any atom is 0.338 e. The van der Waals surface area contributed by atoms with Gasteiger partial charge in [0.25, 0.3) is 0 Å². The highest BCUT2D eigenvalue weighted by molar-refractivity contribution is 6.07. The standard InChI is InChI=1S/C46H44N6O4/c1-3-47-43-35(21-25-51(43)41-33-19-23-49-39(41)37(27-33)55-45(53)31-11-7-5-8-12-31)29-15-17-30(18-16-29)36-22-26-52(44(36)48-4-2)42-34-20-24-50-40(42)38(28-34)56-46(54)32-13-9-6-10-14-32/h5-20,23-24,35-38H,3-4,21-22,25-28H2,1-2H3. The van der Waals surface area contributed by atoms with Crippen LogP contribution in [0.3, 0.4) is 0 Å². The molecule has 56 heavy (non-hydrogen) atoms. The molecular formula is C46H44N6O4. The number of rotatable bonds is 10. The van der Waals surface area contributed by atoms with Gasteiger partial charge < -0.3 is 19.3 Å². The highest BCUT2D eigenvalue weighted by Crippen LogP contribution is 2.47. The first-order valence-corrected chi connectivity index (χ1v) is 19.7. The quantitative estimate of drug-likeness (QED) is 0.132. The van der Waals surface area contributed by atoms with E-state index in [0.29, 0.717) is 37.1 Å². The van der Waals surface area contributed by atoms with E-state index in [4.69, 9.17) is 29.4 Å². The number of ether oxygens (including phenoxy) is 2. The molecule has 0 radical (unpaired) electrons. The molecule has 0 spiro atoms. The largest absolute Gasteiger partial charge is 0.452 e. The number of aliphatic imine (C=N–C) groups is 2. The zero-order valence-corrected chi connectivity index (χ0v) is 31.7. The first kappa shape index (κ1) is 35.5. The number of amidine groups is 2. The fourth-order valence-electron chi connectivity index (χ4n) is 8.92. The molecule has 0 N–H and O–H groups in total. The van der Waals surface area contributed by atoms with E-state index in [-0.39, 0.29) is 23.8 Å². The third-order valence-electron chi connectivity index (χ3n) is 11.4. The van der Waals surface area contributed by atoms with E-state index >= 15 is 0 Å². The van der Waals surface area contributed by atoms with Gasteiger partial charge in [0.2, 0.25) is 0 Å². The lowest BCUT2D eigenvalue weighted by atomic mass is 9.91. The van der Waals surface area contributed by atoms with Crippen LogP contribution in [0.15, 0.2) is 119 Å². The minimum Gasteiger partial charge on any atom is -0.452 e. The van der Waals surface area contributed by atoms with Gasteiger partial charge in [0.1, 0.15) is 23.1 Å². The van der Waals surface area contributed by atoms with Gasteiger partial charge in [-0.3, -0.25) is 20.0 Å². The van der Waals surface area contributed by atoms with Crippen molar-refractivity contribution in [3.63, 3.8) is 0 Å². The maximum atomic E-state index is 13.0. The smallest absolute Gasteiger partial charge is 0.338 e. The molecule has 0 saturated carbocycles. The van der Waals surface area contributed by atoms with Crippen molar-refractivity contribution in [1.29, 1.82) is 0 Å². The minimum absolute atomic E-state index is 0.127. The summed E-state index contributed by atoms with van der Waals surface area (Å²) in [4.78, 5) is 50.3. The number of pyridine rings is 2. The summed E-state index contributed by atoms with van der Waals surface area (Å²) in [5, 5.41) is 0. The number of hydrogen-bond acceptors (Lipinski definition) is 8.